The van der Waals surface area contributed by atoms with Crippen LogP contribution in [0.3, 0.4) is 0 Å². The number of hydrogen-bond acceptors (Lipinski definition) is 3. The molecule has 6 heteroatoms. The summed E-state index contributed by atoms with van der Waals surface area (Å²) in [6.07, 6.45) is 1.12. The Morgan fingerprint density at radius 3 is 2.36 bits per heavy atom. The average molecular weight is 338 g/mol. The van der Waals surface area contributed by atoms with Gasteiger partial charge in [-0.3, -0.25) is 4.79 Å². The molecule has 1 amide bonds. The van der Waals surface area contributed by atoms with Crippen LogP contribution in [0.2, 0.25) is 5.02 Å². The van der Waals surface area contributed by atoms with Crippen molar-refractivity contribution in [3.63, 3.8) is 0 Å². The molecule has 4 nitrogen and oxygen atoms in total. The zero-order valence-electron chi connectivity index (χ0n) is 12.3. The van der Waals surface area contributed by atoms with Gasteiger partial charge in [-0.15, -0.1) is 0 Å². The molecule has 1 N–H and O–H groups in total. The van der Waals surface area contributed by atoms with Crippen LogP contribution < -0.4 is 5.32 Å². The lowest BCUT2D eigenvalue weighted by Gasteiger charge is -2.09. The number of nitrogens with one attached hydrogen (secondary N) is 1. The molecular formula is C16H16ClNO3S. The van der Waals surface area contributed by atoms with Crippen LogP contribution in [-0.2, 0) is 16.4 Å². The van der Waals surface area contributed by atoms with E-state index in [0.29, 0.717) is 17.1 Å². The topological polar surface area (TPSA) is 63.2 Å². The molecule has 0 heterocycles. The first-order valence-corrected chi connectivity index (χ1v) is 8.87. The van der Waals surface area contributed by atoms with E-state index in [1.165, 1.54) is 12.1 Å². The lowest BCUT2D eigenvalue weighted by atomic mass is 10.1. The molecule has 0 aliphatic carbocycles. The highest BCUT2D eigenvalue weighted by molar-refractivity contribution is 7.90. The fraction of sp³-hybridized carbons (Fsp3) is 0.188. The lowest BCUT2D eigenvalue weighted by Crippen LogP contribution is -2.23. The molecule has 0 aliphatic rings. The fourth-order valence-corrected chi connectivity index (χ4v) is 2.73. The molecule has 0 spiro atoms. The third kappa shape index (κ3) is 4.08. The maximum absolute atomic E-state index is 12.3. The molecule has 0 radical (unpaired) electrons. The van der Waals surface area contributed by atoms with Gasteiger partial charge in [-0.2, -0.15) is 0 Å². The van der Waals surface area contributed by atoms with Gasteiger partial charge < -0.3 is 5.32 Å². The van der Waals surface area contributed by atoms with Crippen molar-refractivity contribution in [1.82, 2.24) is 5.32 Å². The summed E-state index contributed by atoms with van der Waals surface area (Å²) in [5.41, 5.74) is 1.99. The van der Waals surface area contributed by atoms with Gasteiger partial charge >= 0.3 is 0 Å². The van der Waals surface area contributed by atoms with Crippen LogP contribution in [0, 0.1) is 6.92 Å². The highest BCUT2D eigenvalue weighted by Crippen LogP contribution is 2.16. The number of benzene rings is 2. The van der Waals surface area contributed by atoms with E-state index in [2.05, 4.69) is 5.32 Å². The van der Waals surface area contributed by atoms with E-state index < -0.39 is 9.84 Å². The zero-order chi connectivity index (χ0) is 16.3. The Kier molecular flexibility index (Phi) is 4.88. The summed E-state index contributed by atoms with van der Waals surface area (Å²) in [5.74, 6) is -0.307. The van der Waals surface area contributed by atoms with E-state index >= 15 is 0 Å². The quantitative estimate of drug-likeness (QED) is 0.932. The Morgan fingerprint density at radius 2 is 1.77 bits per heavy atom. The van der Waals surface area contributed by atoms with Gasteiger partial charge in [0.25, 0.3) is 5.91 Å². The van der Waals surface area contributed by atoms with Crippen LogP contribution in [0.4, 0.5) is 0 Å². The Morgan fingerprint density at radius 1 is 1.14 bits per heavy atom. The number of rotatable bonds is 4. The number of hydrogen-bond donors (Lipinski definition) is 1. The van der Waals surface area contributed by atoms with Crippen molar-refractivity contribution in [2.45, 2.75) is 18.4 Å². The van der Waals surface area contributed by atoms with Crippen molar-refractivity contribution in [2.24, 2.45) is 0 Å². The minimum atomic E-state index is -3.34. The molecule has 116 valence electrons. The van der Waals surface area contributed by atoms with Gasteiger partial charge in [0.05, 0.1) is 4.90 Å². The molecule has 0 aromatic heterocycles. The first kappa shape index (κ1) is 16.5. The van der Waals surface area contributed by atoms with Crippen molar-refractivity contribution in [1.29, 1.82) is 0 Å². The molecular weight excluding hydrogens is 322 g/mol. The Labute approximate surface area is 135 Å². The van der Waals surface area contributed by atoms with Crippen LogP contribution in [0.25, 0.3) is 0 Å². The predicted octanol–water partition coefficient (Wildman–Crippen LogP) is 2.98. The zero-order valence-corrected chi connectivity index (χ0v) is 13.8. The summed E-state index contributed by atoms with van der Waals surface area (Å²) in [4.78, 5) is 12.4. The van der Waals surface area contributed by atoms with Crippen LogP contribution >= 0.6 is 11.6 Å². The Hall–Kier alpha value is -1.85. The van der Waals surface area contributed by atoms with Crippen LogP contribution in [0.1, 0.15) is 21.5 Å². The molecule has 0 aliphatic heterocycles. The van der Waals surface area contributed by atoms with Gasteiger partial charge in [-0.1, -0.05) is 29.8 Å². The van der Waals surface area contributed by atoms with Crippen molar-refractivity contribution in [2.75, 3.05) is 6.26 Å². The number of carbonyl (C=O) groups is 1. The number of aryl methyl sites for hydroxylation is 1. The molecule has 0 unspecified atom stereocenters. The van der Waals surface area contributed by atoms with Crippen molar-refractivity contribution in [3.05, 3.63) is 64.2 Å². The molecule has 22 heavy (non-hydrogen) atoms. The number of carbonyl (C=O) groups excluding carboxylic acids is 1. The molecule has 0 atom stereocenters. The first-order chi connectivity index (χ1) is 10.3. The minimum absolute atomic E-state index is 0.134. The molecule has 0 bridgehead atoms. The third-order valence-electron chi connectivity index (χ3n) is 3.25. The second-order valence-corrected chi connectivity index (χ2v) is 7.51. The first-order valence-electron chi connectivity index (χ1n) is 6.61. The second-order valence-electron chi connectivity index (χ2n) is 5.06. The van der Waals surface area contributed by atoms with E-state index in [1.54, 1.807) is 25.1 Å². The average Bonchev–Trinajstić information content (AvgIpc) is 2.45. The van der Waals surface area contributed by atoms with E-state index in [0.717, 1.165) is 17.4 Å². The molecule has 2 aromatic rings. The summed E-state index contributed by atoms with van der Waals surface area (Å²) >= 11 is 5.81. The number of sulfone groups is 1. The molecule has 2 aromatic carbocycles. The summed E-state index contributed by atoms with van der Waals surface area (Å²) in [6.45, 7) is 2.11. The third-order valence-corrected chi connectivity index (χ3v) is 4.61. The predicted molar refractivity (Wildman–Crippen MR) is 86.9 cm³/mol. The standard InChI is InChI=1S/C16H16ClNO3S/c1-11-3-8-14(22(2,20)21)9-15(11)16(19)18-10-12-4-6-13(17)7-5-12/h3-9H,10H2,1-2H3,(H,18,19). The number of halogens is 1. The van der Waals surface area contributed by atoms with Crippen LogP contribution in [-0.4, -0.2) is 20.6 Å². The smallest absolute Gasteiger partial charge is 0.251 e. The fourth-order valence-electron chi connectivity index (χ4n) is 1.96. The molecule has 0 saturated carbocycles. The Balaban J connectivity index is 2.17. The van der Waals surface area contributed by atoms with E-state index in [-0.39, 0.29) is 10.8 Å². The van der Waals surface area contributed by atoms with Gasteiger partial charge in [0.1, 0.15) is 0 Å². The van der Waals surface area contributed by atoms with Gasteiger partial charge in [0.15, 0.2) is 9.84 Å². The molecule has 2 rings (SSSR count). The van der Waals surface area contributed by atoms with Gasteiger partial charge in [0, 0.05) is 23.4 Å². The van der Waals surface area contributed by atoms with Crippen molar-refractivity contribution >= 4 is 27.3 Å². The summed E-state index contributed by atoms with van der Waals surface area (Å²) in [5, 5.41) is 3.41. The van der Waals surface area contributed by atoms with Crippen molar-refractivity contribution in [3.8, 4) is 0 Å². The monoisotopic (exact) mass is 337 g/mol. The molecule has 0 saturated heterocycles. The Bertz CT molecular complexity index is 799. The normalized spacial score (nSPS) is 11.2. The lowest BCUT2D eigenvalue weighted by molar-refractivity contribution is 0.0950. The summed E-state index contributed by atoms with van der Waals surface area (Å²) in [7, 11) is -3.34. The minimum Gasteiger partial charge on any atom is -0.348 e. The largest absolute Gasteiger partial charge is 0.348 e. The summed E-state index contributed by atoms with van der Waals surface area (Å²) < 4.78 is 23.2. The van der Waals surface area contributed by atoms with Gasteiger partial charge in [-0.25, -0.2) is 8.42 Å². The maximum Gasteiger partial charge on any atom is 0.251 e. The summed E-state index contributed by atoms with van der Waals surface area (Å²) in [6, 6.07) is 11.7. The highest BCUT2D eigenvalue weighted by atomic mass is 35.5. The van der Waals surface area contributed by atoms with Crippen LogP contribution in [0.15, 0.2) is 47.4 Å². The van der Waals surface area contributed by atoms with Crippen molar-refractivity contribution < 1.29 is 13.2 Å². The van der Waals surface area contributed by atoms with E-state index in [4.69, 9.17) is 11.6 Å². The SMILES string of the molecule is Cc1ccc(S(C)(=O)=O)cc1C(=O)NCc1ccc(Cl)cc1. The van der Waals surface area contributed by atoms with Crippen LogP contribution in [0.5, 0.6) is 0 Å². The maximum atomic E-state index is 12.3. The van der Waals surface area contributed by atoms with E-state index in [9.17, 15) is 13.2 Å². The molecule has 0 fully saturated rings. The number of amides is 1. The van der Waals surface area contributed by atoms with E-state index in [1.807, 2.05) is 12.1 Å². The second kappa shape index (κ2) is 6.50. The highest BCUT2D eigenvalue weighted by Gasteiger charge is 2.14. The van der Waals surface area contributed by atoms with Gasteiger partial charge in [-0.05, 0) is 42.3 Å². The van der Waals surface area contributed by atoms with Gasteiger partial charge in [0.2, 0.25) is 0 Å².